The van der Waals surface area contributed by atoms with Crippen LogP contribution in [0.25, 0.3) is 0 Å². The first kappa shape index (κ1) is 25.6. The molecular formula is C20H36O10. The van der Waals surface area contributed by atoms with Gasteiger partial charge in [0.15, 0.2) is 12.6 Å². The number of aliphatic hydroxyl groups excluding tert-OH is 6. The van der Waals surface area contributed by atoms with Crippen LogP contribution in [-0.4, -0.2) is 105 Å². The van der Waals surface area contributed by atoms with E-state index in [1.54, 1.807) is 6.08 Å². The number of unbranched alkanes of at least 4 members (excludes halogenated alkanes) is 2. The summed E-state index contributed by atoms with van der Waals surface area (Å²) in [5.41, 5.74) is 0. The average Bonchev–Trinajstić information content (AvgIpc) is 2.74. The number of ether oxygens (including phenoxy) is 4. The van der Waals surface area contributed by atoms with Crippen LogP contribution in [0.5, 0.6) is 0 Å². The Morgan fingerprint density at radius 2 is 1.50 bits per heavy atom. The minimum Gasteiger partial charge on any atom is -0.388 e. The van der Waals surface area contributed by atoms with Crippen LogP contribution in [0, 0.1) is 0 Å². The van der Waals surface area contributed by atoms with E-state index in [0.29, 0.717) is 6.42 Å². The molecule has 2 fully saturated rings. The lowest BCUT2D eigenvalue weighted by molar-refractivity contribution is -0.331. The first-order valence-electron chi connectivity index (χ1n) is 10.5. The summed E-state index contributed by atoms with van der Waals surface area (Å²) in [6.45, 7) is 6.99. The Balaban J connectivity index is 1.96. The lowest BCUT2D eigenvalue weighted by Gasteiger charge is -2.43. The quantitative estimate of drug-likeness (QED) is 0.181. The van der Waals surface area contributed by atoms with Gasteiger partial charge in [0.1, 0.15) is 42.7 Å². The molecule has 176 valence electrons. The van der Waals surface area contributed by atoms with E-state index >= 15 is 0 Å². The third kappa shape index (κ3) is 6.19. The SMILES string of the molecule is C=CC(CCCCC)OC1OC(COC2OC(C)C(O)C(O)C2O)C(O)C(O)C1O. The number of aliphatic hydroxyl groups is 6. The third-order valence-corrected chi connectivity index (χ3v) is 5.57. The van der Waals surface area contributed by atoms with E-state index in [2.05, 4.69) is 13.5 Å². The molecule has 0 aliphatic carbocycles. The first-order chi connectivity index (χ1) is 14.2. The van der Waals surface area contributed by atoms with Gasteiger partial charge in [0.2, 0.25) is 0 Å². The van der Waals surface area contributed by atoms with Crippen LogP contribution in [-0.2, 0) is 18.9 Å². The summed E-state index contributed by atoms with van der Waals surface area (Å²) in [6, 6.07) is 0. The lowest BCUT2D eigenvalue weighted by atomic mass is 9.98. The van der Waals surface area contributed by atoms with E-state index in [1.807, 2.05) is 0 Å². The molecule has 0 aromatic heterocycles. The molecule has 2 saturated heterocycles. The van der Waals surface area contributed by atoms with Gasteiger partial charge < -0.3 is 49.6 Å². The second kappa shape index (κ2) is 11.8. The Hall–Kier alpha value is -0.660. The van der Waals surface area contributed by atoms with Gasteiger partial charge in [0.25, 0.3) is 0 Å². The van der Waals surface area contributed by atoms with Crippen molar-refractivity contribution in [2.45, 2.75) is 107 Å². The fraction of sp³-hybridized carbons (Fsp3) is 0.900. The first-order valence-corrected chi connectivity index (χ1v) is 10.5. The summed E-state index contributed by atoms with van der Waals surface area (Å²) >= 11 is 0. The van der Waals surface area contributed by atoms with Gasteiger partial charge >= 0.3 is 0 Å². The van der Waals surface area contributed by atoms with E-state index < -0.39 is 67.5 Å². The highest BCUT2D eigenvalue weighted by atomic mass is 16.7. The summed E-state index contributed by atoms with van der Waals surface area (Å²) in [6.07, 6.45) is -8.28. The fourth-order valence-electron chi connectivity index (χ4n) is 3.52. The summed E-state index contributed by atoms with van der Waals surface area (Å²) < 4.78 is 22.1. The molecule has 2 aliphatic rings. The molecule has 11 unspecified atom stereocenters. The summed E-state index contributed by atoms with van der Waals surface area (Å²) in [5.74, 6) is 0. The van der Waals surface area contributed by atoms with Crippen molar-refractivity contribution in [2.75, 3.05) is 6.61 Å². The molecule has 0 amide bonds. The normalized spacial score (nSPS) is 43.3. The molecule has 0 saturated carbocycles. The predicted octanol–water partition coefficient (Wildman–Crippen LogP) is -1.21. The molecule has 0 spiro atoms. The Kier molecular flexibility index (Phi) is 10.1. The van der Waals surface area contributed by atoms with Crippen molar-refractivity contribution in [3.63, 3.8) is 0 Å². The van der Waals surface area contributed by atoms with Crippen molar-refractivity contribution in [2.24, 2.45) is 0 Å². The van der Waals surface area contributed by atoms with Crippen molar-refractivity contribution in [1.82, 2.24) is 0 Å². The summed E-state index contributed by atoms with van der Waals surface area (Å²) in [5, 5.41) is 60.3. The highest BCUT2D eigenvalue weighted by Crippen LogP contribution is 2.27. The van der Waals surface area contributed by atoms with Gasteiger partial charge in [-0.25, -0.2) is 0 Å². The van der Waals surface area contributed by atoms with E-state index in [9.17, 15) is 30.6 Å². The smallest absolute Gasteiger partial charge is 0.187 e. The molecule has 6 N–H and O–H groups in total. The van der Waals surface area contributed by atoms with Crippen LogP contribution < -0.4 is 0 Å². The Labute approximate surface area is 176 Å². The van der Waals surface area contributed by atoms with Gasteiger partial charge in [-0.1, -0.05) is 32.3 Å². The van der Waals surface area contributed by atoms with Crippen LogP contribution in [0.2, 0.25) is 0 Å². The molecule has 2 heterocycles. The molecule has 0 aromatic rings. The zero-order chi connectivity index (χ0) is 22.4. The fourth-order valence-corrected chi connectivity index (χ4v) is 3.52. The molecule has 0 radical (unpaired) electrons. The van der Waals surface area contributed by atoms with Crippen LogP contribution in [0.1, 0.15) is 39.5 Å². The van der Waals surface area contributed by atoms with Crippen molar-refractivity contribution in [3.8, 4) is 0 Å². The van der Waals surface area contributed by atoms with Crippen molar-refractivity contribution < 1.29 is 49.6 Å². The standard InChI is InChI=1S/C20H36O10/c1-4-6-7-8-11(5-2)29-20-18(26)16(24)14(22)12(30-20)9-27-19-17(25)15(23)13(21)10(3)28-19/h5,10-26H,2,4,6-9H2,1,3H3. The average molecular weight is 436 g/mol. The second-order valence-electron chi connectivity index (χ2n) is 7.94. The lowest BCUT2D eigenvalue weighted by Crippen LogP contribution is -2.61. The van der Waals surface area contributed by atoms with Gasteiger partial charge in [-0.15, -0.1) is 6.58 Å². The van der Waals surface area contributed by atoms with E-state index in [4.69, 9.17) is 18.9 Å². The molecule has 30 heavy (non-hydrogen) atoms. The van der Waals surface area contributed by atoms with Crippen molar-refractivity contribution in [1.29, 1.82) is 0 Å². The molecular weight excluding hydrogens is 400 g/mol. The van der Waals surface area contributed by atoms with Crippen LogP contribution in [0.4, 0.5) is 0 Å². The molecule has 0 aromatic carbocycles. The highest BCUT2D eigenvalue weighted by Gasteiger charge is 2.47. The largest absolute Gasteiger partial charge is 0.388 e. The minimum atomic E-state index is -1.54. The van der Waals surface area contributed by atoms with E-state index in [1.165, 1.54) is 6.92 Å². The van der Waals surface area contributed by atoms with Crippen molar-refractivity contribution >= 4 is 0 Å². The van der Waals surface area contributed by atoms with Gasteiger partial charge in [0.05, 0.1) is 18.8 Å². The van der Waals surface area contributed by atoms with E-state index in [-0.39, 0.29) is 6.61 Å². The molecule has 2 aliphatic heterocycles. The predicted molar refractivity (Wildman–Crippen MR) is 104 cm³/mol. The van der Waals surface area contributed by atoms with Crippen LogP contribution in [0.3, 0.4) is 0 Å². The minimum absolute atomic E-state index is 0.323. The maximum Gasteiger partial charge on any atom is 0.187 e. The van der Waals surface area contributed by atoms with Gasteiger partial charge in [-0.2, -0.15) is 0 Å². The van der Waals surface area contributed by atoms with Gasteiger partial charge in [0, 0.05) is 0 Å². The second-order valence-corrected chi connectivity index (χ2v) is 7.94. The highest BCUT2D eigenvalue weighted by molar-refractivity contribution is 4.92. The summed E-state index contributed by atoms with van der Waals surface area (Å²) in [7, 11) is 0. The van der Waals surface area contributed by atoms with Gasteiger partial charge in [-0.3, -0.25) is 0 Å². The van der Waals surface area contributed by atoms with E-state index in [0.717, 1.165) is 19.3 Å². The third-order valence-electron chi connectivity index (χ3n) is 5.57. The zero-order valence-electron chi connectivity index (χ0n) is 17.5. The number of rotatable bonds is 10. The number of hydrogen-bond donors (Lipinski definition) is 6. The summed E-state index contributed by atoms with van der Waals surface area (Å²) in [4.78, 5) is 0. The van der Waals surface area contributed by atoms with Gasteiger partial charge in [-0.05, 0) is 13.3 Å². The topological polar surface area (TPSA) is 158 Å². The maximum atomic E-state index is 10.2. The maximum absolute atomic E-state index is 10.2. The molecule has 10 nitrogen and oxygen atoms in total. The van der Waals surface area contributed by atoms with Crippen LogP contribution in [0.15, 0.2) is 12.7 Å². The Bertz CT molecular complexity index is 520. The number of hydrogen-bond acceptors (Lipinski definition) is 10. The molecule has 2 rings (SSSR count). The Morgan fingerprint density at radius 1 is 0.867 bits per heavy atom. The molecule has 0 bridgehead atoms. The molecule has 10 heteroatoms. The molecule has 11 atom stereocenters. The van der Waals surface area contributed by atoms with Crippen LogP contribution >= 0.6 is 0 Å². The van der Waals surface area contributed by atoms with Crippen molar-refractivity contribution in [3.05, 3.63) is 12.7 Å². The Morgan fingerprint density at radius 3 is 2.13 bits per heavy atom. The zero-order valence-corrected chi connectivity index (χ0v) is 17.5. The monoisotopic (exact) mass is 436 g/mol.